The van der Waals surface area contributed by atoms with E-state index in [4.69, 9.17) is 0 Å². The Balaban J connectivity index is 4.45. The third-order valence-corrected chi connectivity index (χ3v) is 3.01. The molecule has 7 heteroatoms. The summed E-state index contributed by atoms with van der Waals surface area (Å²) in [6.45, 7) is 3.62. The topological polar surface area (TPSA) is 75.3 Å². The third-order valence-electron chi connectivity index (χ3n) is 1.99. The molecule has 0 fully saturated rings. The van der Waals surface area contributed by atoms with Gasteiger partial charge in [0.1, 0.15) is 6.04 Å². The second-order valence-corrected chi connectivity index (χ2v) is 4.87. The van der Waals surface area contributed by atoms with E-state index in [1.807, 2.05) is 0 Å². The van der Waals surface area contributed by atoms with Crippen LogP contribution in [-0.2, 0) is 14.4 Å². The van der Waals surface area contributed by atoms with Crippen molar-refractivity contribution < 1.29 is 14.4 Å². The molecule has 17 heavy (non-hydrogen) atoms. The SMILES string of the molecule is CC(C)C(=O)C(CNC(=O)CBr)NC(=O)CBr. The molecule has 0 bridgehead atoms. The predicted molar refractivity (Wildman–Crippen MR) is 72.4 cm³/mol. The monoisotopic (exact) mass is 370 g/mol. The molecule has 0 aliphatic carbocycles. The van der Waals surface area contributed by atoms with Gasteiger partial charge in [-0.2, -0.15) is 0 Å². The Hall–Kier alpha value is -0.430. The van der Waals surface area contributed by atoms with Crippen molar-refractivity contribution in [3.8, 4) is 0 Å². The van der Waals surface area contributed by atoms with E-state index in [0.29, 0.717) is 0 Å². The Kier molecular flexibility index (Phi) is 8.41. The predicted octanol–water partition coefficient (Wildman–Crippen LogP) is 0.602. The van der Waals surface area contributed by atoms with Crippen LogP contribution < -0.4 is 10.6 Å². The van der Waals surface area contributed by atoms with E-state index in [0.717, 1.165) is 0 Å². The fourth-order valence-electron chi connectivity index (χ4n) is 1.12. The maximum atomic E-state index is 11.8. The highest BCUT2D eigenvalue weighted by Crippen LogP contribution is 2.00. The summed E-state index contributed by atoms with van der Waals surface area (Å²) in [5.41, 5.74) is 0. The van der Waals surface area contributed by atoms with Crippen LogP contribution in [0.3, 0.4) is 0 Å². The van der Waals surface area contributed by atoms with Crippen LogP contribution in [0.2, 0.25) is 0 Å². The zero-order chi connectivity index (χ0) is 13.4. The molecule has 0 heterocycles. The van der Waals surface area contributed by atoms with Gasteiger partial charge in [0.25, 0.3) is 0 Å². The summed E-state index contributed by atoms with van der Waals surface area (Å²) >= 11 is 6.01. The number of nitrogens with one attached hydrogen (secondary N) is 2. The van der Waals surface area contributed by atoms with Gasteiger partial charge in [0.2, 0.25) is 11.8 Å². The van der Waals surface area contributed by atoms with Gasteiger partial charge in [-0.3, -0.25) is 14.4 Å². The van der Waals surface area contributed by atoms with E-state index in [9.17, 15) is 14.4 Å². The Morgan fingerprint density at radius 3 is 2.00 bits per heavy atom. The van der Waals surface area contributed by atoms with Crippen molar-refractivity contribution >= 4 is 49.5 Å². The Bertz CT molecular complexity index is 295. The van der Waals surface area contributed by atoms with Crippen LogP contribution in [0.5, 0.6) is 0 Å². The van der Waals surface area contributed by atoms with Crippen molar-refractivity contribution in [3.63, 3.8) is 0 Å². The molecule has 0 aliphatic heterocycles. The molecule has 0 saturated carbocycles. The quantitative estimate of drug-likeness (QED) is 0.643. The second kappa shape index (κ2) is 8.63. The molecule has 98 valence electrons. The smallest absolute Gasteiger partial charge is 0.231 e. The van der Waals surface area contributed by atoms with Gasteiger partial charge in [-0.1, -0.05) is 45.7 Å². The molecule has 0 rings (SSSR count). The Morgan fingerprint density at radius 1 is 1.06 bits per heavy atom. The van der Waals surface area contributed by atoms with Crippen molar-refractivity contribution in [1.82, 2.24) is 10.6 Å². The van der Waals surface area contributed by atoms with Crippen molar-refractivity contribution in [3.05, 3.63) is 0 Å². The third kappa shape index (κ3) is 6.78. The zero-order valence-electron chi connectivity index (χ0n) is 9.76. The zero-order valence-corrected chi connectivity index (χ0v) is 12.9. The van der Waals surface area contributed by atoms with Gasteiger partial charge in [-0.25, -0.2) is 0 Å². The minimum atomic E-state index is -0.678. The highest BCUT2D eigenvalue weighted by atomic mass is 79.9. The van der Waals surface area contributed by atoms with Gasteiger partial charge in [0, 0.05) is 12.5 Å². The maximum Gasteiger partial charge on any atom is 0.231 e. The number of carbonyl (C=O) groups is 3. The molecular formula is C10H16Br2N2O3. The fraction of sp³-hybridized carbons (Fsp3) is 0.700. The van der Waals surface area contributed by atoms with E-state index in [2.05, 4.69) is 42.5 Å². The van der Waals surface area contributed by atoms with E-state index in [-0.39, 0.29) is 40.7 Å². The summed E-state index contributed by atoms with van der Waals surface area (Å²) < 4.78 is 0. The van der Waals surface area contributed by atoms with Crippen molar-refractivity contribution in [2.75, 3.05) is 17.2 Å². The first kappa shape index (κ1) is 16.6. The van der Waals surface area contributed by atoms with Crippen molar-refractivity contribution in [2.24, 2.45) is 5.92 Å². The summed E-state index contributed by atoms with van der Waals surface area (Å²) in [6.07, 6.45) is 0. The molecule has 0 aromatic rings. The number of hydrogen-bond acceptors (Lipinski definition) is 3. The van der Waals surface area contributed by atoms with Gasteiger partial charge in [-0.15, -0.1) is 0 Å². The summed E-state index contributed by atoms with van der Waals surface area (Å²) in [5, 5.41) is 5.42. The molecule has 0 aromatic heterocycles. The fourth-order valence-corrected chi connectivity index (χ4v) is 1.48. The first-order chi connectivity index (χ1) is 7.92. The lowest BCUT2D eigenvalue weighted by molar-refractivity contribution is -0.128. The van der Waals surface area contributed by atoms with Crippen molar-refractivity contribution in [1.29, 1.82) is 0 Å². The van der Waals surface area contributed by atoms with E-state index in [1.54, 1.807) is 13.8 Å². The lowest BCUT2D eigenvalue weighted by atomic mass is 10.0. The number of alkyl halides is 2. The van der Waals surface area contributed by atoms with Crippen LogP contribution in [0.1, 0.15) is 13.8 Å². The van der Waals surface area contributed by atoms with E-state index < -0.39 is 6.04 Å². The standard InChI is InChI=1S/C10H16Br2N2O3/c1-6(2)10(17)7(14-9(16)4-12)5-13-8(15)3-11/h6-7H,3-5H2,1-2H3,(H,13,15)(H,14,16). The van der Waals surface area contributed by atoms with Crippen molar-refractivity contribution in [2.45, 2.75) is 19.9 Å². The molecular weight excluding hydrogens is 356 g/mol. The van der Waals surface area contributed by atoms with E-state index in [1.165, 1.54) is 0 Å². The minimum absolute atomic E-state index is 0.103. The Labute approximate surface area is 117 Å². The summed E-state index contributed by atoms with van der Waals surface area (Å²) in [4.78, 5) is 34.1. The van der Waals surface area contributed by atoms with Gasteiger partial charge < -0.3 is 10.6 Å². The highest BCUT2D eigenvalue weighted by molar-refractivity contribution is 9.09. The van der Waals surface area contributed by atoms with Crippen LogP contribution >= 0.6 is 31.9 Å². The number of carbonyl (C=O) groups excluding carboxylic acids is 3. The Morgan fingerprint density at radius 2 is 1.59 bits per heavy atom. The maximum absolute atomic E-state index is 11.8. The molecule has 2 N–H and O–H groups in total. The highest BCUT2D eigenvalue weighted by Gasteiger charge is 2.23. The summed E-state index contributed by atoms with van der Waals surface area (Å²) in [6, 6.07) is -0.678. The minimum Gasteiger partial charge on any atom is -0.353 e. The number of rotatable bonds is 7. The first-order valence-corrected chi connectivity index (χ1v) is 7.38. The van der Waals surface area contributed by atoms with E-state index >= 15 is 0 Å². The van der Waals surface area contributed by atoms with Gasteiger partial charge in [0.15, 0.2) is 5.78 Å². The molecule has 0 radical (unpaired) electrons. The lowest BCUT2D eigenvalue weighted by Crippen LogP contribution is -2.50. The van der Waals surface area contributed by atoms with Gasteiger partial charge >= 0.3 is 0 Å². The number of Topliss-reactive ketones (excluding diaryl/α,β-unsaturated/α-hetero) is 1. The van der Waals surface area contributed by atoms with Crippen LogP contribution in [0, 0.1) is 5.92 Å². The molecule has 0 aliphatic rings. The molecule has 1 atom stereocenters. The van der Waals surface area contributed by atoms with Crippen LogP contribution in [-0.4, -0.2) is 40.8 Å². The molecule has 1 unspecified atom stereocenters. The summed E-state index contributed by atoms with van der Waals surface area (Å²) in [7, 11) is 0. The average molecular weight is 372 g/mol. The normalized spacial score (nSPS) is 12.1. The number of hydrogen-bond donors (Lipinski definition) is 2. The van der Waals surface area contributed by atoms with Gasteiger partial charge in [-0.05, 0) is 0 Å². The largest absolute Gasteiger partial charge is 0.353 e. The van der Waals surface area contributed by atoms with Crippen LogP contribution in [0.15, 0.2) is 0 Å². The average Bonchev–Trinajstić information content (AvgIpc) is 2.32. The molecule has 0 spiro atoms. The molecule has 5 nitrogen and oxygen atoms in total. The van der Waals surface area contributed by atoms with Crippen LogP contribution in [0.4, 0.5) is 0 Å². The number of ketones is 1. The first-order valence-electron chi connectivity index (χ1n) is 5.14. The van der Waals surface area contributed by atoms with Crippen LogP contribution in [0.25, 0.3) is 0 Å². The molecule has 0 saturated heterocycles. The lowest BCUT2D eigenvalue weighted by Gasteiger charge is -2.19. The number of halogens is 2. The van der Waals surface area contributed by atoms with Gasteiger partial charge in [0.05, 0.1) is 10.7 Å². The molecule has 0 aromatic carbocycles. The molecule has 2 amide bonds. The second-order valence-electron chi connectivity index (χ2n) is 3.75. The number of amides is 2. The summed E-state index contributed by atoms with van der Waals surface area (Å²) in [5.74, 6) is -0.803.